The third-order valence-electron chi connectivity index (χ3n) is 7.51. The van der Waals surface area contributed by atoms with Gasteiger partial charge in [-0.2, -0.15) is 4.31 Å². The van der Waals surface area contributed by atoms with E-state index in [0.717, 1.165) is 0 Å². The van der Waals surface area contributed by atoms with Gasteiger partial charge in [0.15, 0.2) is 11.5 Å². The summed E-state index contributed by atoms with van der Waals surface area (Å²) < 4.78 is 44.8. The number of amides is 3. The molecule has 14 heteroatoms. The number of nitrogens with zero attached hydrogens (tertiary/aromatic N) is 2. The Labute approximate surface area is 260 Å². The maximum atomic E-state index is 13.7. The summed E-state index contributed by atoms with van der Waals surface area (Å²) in [5, 5.41) is 15.8. The summed E-state index contributed by atoms with van der Waals surface area (Å²) in [6.07, 6.45) is -0.657. The van der Waals surface area contributed by atoms with Crippen molar-refractivity contribution >= 4 is 44.9 Å². The van der Waals surface area contributed by atoms with Gasteiger partial charge in [0, 0.05) is 42.0 Å². The van der Waals surface area contributed by atoms with Crippen LogP contribution in [0.4, 0.5) is 16.2 Å². The van der Waals surface area contributed by atoms with Gasteiger partial charge in [-0.3, -0.25) is 4.79 Å². The molecule has 3 amide bonds. The number of hydrogen-bond acceptors (Lipinski definition) is 8. The van der Waals surface area contributed by atoms with Crippen LogP contribution in [0.2, 0.25) is 5.02 Å². The largest absolute Gasteiger partial charge is 0.488 e. The van der Waals surface area contributed by atoms with E-state index in [0.29, 0.717) is 27.9 Å². The molecule has 2 aliphatic rings. The van der Waals surface area contributed by atoms with Crippen molar-refractivity contribution in [2.45, 2.75) is 30.9 Å². The predicted octanol–water partition coefficient (Wildman–Crippen LogP) is 4.25. The van der Waals surface area contributed by atoms with Gasteiger partial charge in [-0.1, -0.05) is 18.5 Å². The summed E-state index contributed by atoms with van der Waals surface area (Å²) in [4.78, 5) is 28.2. The summed E-state index contributed by atoms with van der Waals surface area (Å²) >= 11 is 5.94. The summed E-state index contributed by atoms with van der Waals surface area (Å²) in [7, 11) is -2.40. The van der Waals surface area contributed by atoms with Crippen molar-refractivity contribution in [1.82, 2.24) is 9.21 Å². The molecule has 0 spiro atoms. The van der Waals surface area contributed by atoms with Gasteiger partial charge in [0.1, 0.15) is 11.9 Å². The Kier molecular flexibility index (Phi) is 9.20. The number of hydrogen-bond donors (Lipinski definition) is 3. The fraction of sp³-hybridized carbons (Fsp3) is 0.333. The van der Waals surface area contributed by atoms with E-state index in [9.17, 15) is 23.1 Å². The van der Waals surface area contributed by atoms with Gasteiger partial charge in [0.05, 0.1) is 29.7 Å². The molecule has 0 radical (unpaired) electrons. The Morgan fingerprint density at radius 1 is 1.05 bits per heavy atom. The number of aliphatic hydroxyl groups is 1. The number of nitrogens with one attached hydrogen (secondary N) is 2. The Hall–Kier alpha value is -4.04. The van der Waals surface area contributed by atoms with Crippen LogP contribution in [0, 0.1) is 5.92 Å². The summed E-state index contributed by atoms with van der Waals surface area (Å²) in [6, 6.07) is 14.4. The number of carbonyl (C=O) groups is 2. The first-order chi connectivity index (χ1) is 21.0. The first kappa shape index (κ1) is 31.4. The highest BCUT2D eigenvalue weighted by atomic mass is 35.5. The average molecular weight is 645 g/mol. The van der Waals surface area contributed by atoms with E-state index in [4.69, 9.17) is 25.8 Å². The Balaban J connectivity index is 1.38. The SMILES string of the molecule is C[C@H](CO)N1C[C@H](C)[C@@H](CN(C)S(=O)(=O)c2ccc(Cl)cc2)Oc2ccc(NC(=O)Nc3ccc4c(c3)OCO4)cc2C1=O. The predicted molar refractivity (Wildman–Crippen MR) is 164 cm³/mol. The van der Waals surface area contributed by atoms with Gasteiger partial charge in [-0.05, 0) is 61.5 Å². The molecule has 44 heavy (non-hydrogen) atoms. The normalized spacial score (nSPS) is 18.6. The van der Waals surface area contributed by atoms with Gasteiger partial charge in [0.2, 0.25) is 16.8 Å². The third-order valence-corrected chi connectivity index (χ3v) is 9.60. The fourth-order valence-corrected chi connectivity index (χ4v) is 6.23. The van der Waals surface area contributed by atoms with Crippen molar-refractivity contribution < 1.29 is 37.3 Å². The zero-order valence-corrected chi connectivity index (χ0v) is 25.9. The number of anilines is 2. The summed E-state index contributed by atoms with van der Waals surface area (Å²) in [5.74, 6) is 0.614. The van der Waals surface area contributed by atoms with Crippen molar-refractivity contribution in [2.24, 2.45) is 5.92 Å². The van der Waals surface area contributed by atoms with Crippen LogP contribution in [0.1, 0.15) is 24.2 Å². The lowest BCUT2D eigenvalue weighted by Gasteiger charge is -2.38. The Morgan fingerprint density at radius 3 is 2.36 bits per heavy atom. The van der Waals surface area contributed by atoms with Crippen LogP contribution < -0.4 is 24.8 Å². The average Bonchev–Trinajstić information content (AvgIpc) is 3.47. The highest BCUT2D eigenvalue weighted by Gasteiger charge is 2.35. The molecule has 0 aliphatic carbocycles. The highest BCUT2D eigenvalue weighted by Crippen LogP contribution is 2.35. The molecule has 0 saturated heterocycles. The number of ether oxygens (including phenoxy) is 3. The zero-order valence-electron chi connectivity index (χ0n) is 24.3. The van der Waals surface area contributed by atoms with Crippen molar-refractivity contribution in [3.8, 4) is 17.2 Å². The van der Waals surface area contributed by atoms with E-state index in [1.165, 1.54) is 46.6 Å². The molecule has 3 aromatic carbocycles. The Morgan fingerprint density at radius 2 is 1.68 bits per heavy atom. The fourth-order valence-electron chi connectivity index (χ4n) is 4.92. The number of urea groups is 1. The van der Waals surface area contributed by atoms with Crippen LogP contribution in [0.25, 0.3) is 0 Å². The molecule has 234 valence electrons. The smallest absolute Gasteiger partial charge is 0.323 e. The first-order valence-corrected chi connectivity index (χ1v) is 15.7. The molecular formula is C30H33ClN4O8S. The van der Waals surface area contributed by atoms with Gasteiger partial charge in [0.25, 0.3) is 5.91 Å². The zero-order chi connectivity index (χ0) is 31.6. The Bertz CT molecular complexity index is 1650. The number of aliphatic hydroxyl groups excluding tert-OH is 1. The number of halogens is 1. The number of carbonyl (C=O) groups excluding carboxylic acids is 2. The van der Waals surface area contributed by atoms with Crippen molar-refractivity contribution in [1.29, 1.82) is 0 Å². The second-order valence-corrected chi connectivity index (χ2v) is 13.2. The molecule has 2 heterocycles. The minimum Gasteiger partial charge on any atom is -0.488 e. The van der Waals surface area contributed by atoms with Crippen LogP contribution >= 0.6 is 11.6 Å². The van der Waals surface area contributed by atoms with Gasteiger partial charge in [-0.25, -0.2) is 13.2 Å². The van der Waals surface area contributed by atoms with Crippen molar-refractivity contribution in [3.63, 3.8) is 0 Å². The van der Waals surface area contributed by atoms with Gasteiger partial charge in [-0.15, -0.1) is 0 Å². The maximum absolute atomic E-state index is 13.7. The molecule has 3 N–H and O–H groups in total. The lowest BCUT2D eigenvalue weighted by Crippen LogP contribution is -2.50. The molecule has 12 nitrogen and oxygen atoms in total. The van der Waals surface area contributed by atoms with Crippen LogP contribution in [0.3, 0.4) is 0 Å². The van der Waals surface area contributed by atoms with E-state index in [1.54, 1.807) is 37.3 Å². The number of sulfonamides is 1. The third kappa shape index (κ3) is 6.70. The maximum Gasteiger partial charge on any atom is 0.323 e. The minimum atomic E-state index is -3.87. The molecule has 3 atom stereocenters. The molecule has 5 rings (SSSR count). The first-order valence-electron chi connectivity index (χ1n) is 13.9. The van der Waals surface area contributed by atoms with Crippen LogP contribution in [-0.4, -0.2) is 80.4 Å². The summed E-state index contributed by atoms with van der Waals surface area (Å²) in [6.45, 7) is 3.59. The topological polar surface area (TPSA) is 147 Å². The van der Waals surface area contributed by atoms with Gasteiger partial charge < -0.3 is 34.9 Å². The monoisotopic (exact) mass is 644 g/mol. The molecular weight excluding hydrogens is 612 g/mol. The quantitative estimate of drug-likeness (QED) is 0.330. The standard InChI is InChI=1S/C30H33ClN4O8S/c1-18-14-35(19(2)16-36)29(37)24-12-21(32-30(38)33-22-7-11-26-27(13-22)42-17-41-26)6-10-25(24)43-28(18)15-34(3)44(39,40)23-8-4-20(31)5-9-23/h4-13,18-19,28,36H,14-17H2,1-3H3,(H2,32,33,38)/t18-,19+,28+/m0/s1. The number of rotatable bonds is 8. The van der Waals surface area contributed by atoms with E-state index in [2.05, 4.69) is 10.6 Å². The second kappa shape index (κ2) is 12.9. The van der Waals surface area contributed by atoms with Crippen molar-refractivity contribution in [3.05, 3.63) is 71.2 Å². The van der Waals surface area contributed by atoms with Crippen LogP contribution in [0.15, 0.2) is 65.6 Å². The lowest BCUT2D eigenvalue weighted by molar-refractivity contribution is 0.0387. The molecule has 0 fully saturated rings. The number of fused-ring (bicyclic) bond motifs is 2. The summed E-state index contributed by atoms with van der Waals surface area (Å²) in [5.41, 5.74) is 0.962. The van der Waals surface area contributed by atoms with Crippen LogP contribution in [-0.2, 0) is 10.0 Å². The molecule has 3 aromatic rings. The van der Waals surface area contributed by atoms with E-state index in [1.807, 2.05) is 6.92 Å². The second-order valence-electron chi connectivity index (χ2n) is 10.7. The molecule has 0 aromatic heterocycles. The van der Waals surface area contributed by atoms with E-state index >= 15 is 0 Å². The van der Waals surface area contributed by atoms with Gasteiger partial charge >= 0.3 is 6.03 Å². The highest BCUT2D eigenvalue weighted by molar-refractivity contribution is 7.89. The van der Waals surface area contributed by atoms with Crippen molar-refractivity contribution in [2.75, 3.05) is 44.2 Å². The number of benzene rings is 3. The number of likely N-dealkylation sites (N-methyl/N-ethyl adjacent to an activating group) is 1. The molecule has 0 bridgehead atoms. The van der Waals surface area contributed by atoms with E-state index in [-0.39, 0.29) is 48.6 Å². The molecule has 2 aliphatic heterocycles. The molecule has 0 saturated carbocycles. The van der Waals surface area contributed by atoms with Crippen LogP contribution in [0.5, 0.6) is 17.2 Å². The molecule has 0 unspecified atom stereocenters. The minimum absolute atomic E-state index is 0.0148. The van der Waals surface area contributed by atoms with E-state index < -0.39 is 34.1 Å². The lowest BCUT2D eigenvalue weighted by atomic mass is 9.99.